The number of hydrogen-bond acceptors (Lipinski definition) is 11. The van der Waals surface area contributed by atoms with Crippen molar-refractivity contribution < 1.29 is 28.6 Å². The summed E-state index contributed by atoms with van der Waals surface area (Å²) in [6.07, 6.45) is 1.21. The highest BCUT2D eigenvalue weighted by Gasteiger charge is 2.16. The molecule has 0 aliphatic rings. The number of amides is 1. The molecule has 0 atom stereocenters. The van der Waals surface area contributed by atoms with Crippen LogP contribution in [0.1, 0.15) is 20.7 Å². The van der Waals surface area contributed by atoms with E-state index in [-0.39, 0.29) is 35.1 Å². The van der Waals surface area contributed by atoms with Crippen LogP contribution < -0.4 is 26.6 Å². The molecule has 1 heterocycles. The smallest absolute Gasteiger partial charge is 0.337 e. The lowest BCUT2D eigenvalue weighted by Gasteiger charge is -2.14. The van der Waals surface area contributed by atoms with Gasteiger partial charge in [-0.1, -0.05) is 18.2 Å². The van der Waals surface area contributed by atoms with Gasteiger partial charge in [0.2, 0.25) is 0 Å². The van der Waals surface area contributed by atoms with Crippen LogP contribution in [0.4, 0.5) is 23.0 Å². The molecule has 0 aliphatic carbocycles. The van der Waals surface area contributed by atoms with E-state index in [1.54, 1.807) is 24.3 Å². The predicted molar refractivity (Wildman–Crippen MR) is 123 cm³/mol. The third-order valence-corrected chi connectivity index (χ3v) is 4.36. The molecule has 1 aromatic heterocycles. The lowest BCUT2D eigenvalue weighted by Crippen LogP contribution is -2.34. The van der Waals surface area contributed by atoms with E-state index in [4.69, 9.17) is 19.9 Å². The Kier molecular flexibility index (Phi) is 7.79. The van der Waals surface area contributed by atoms with Gasteiger partial charge in [-0.25, -0.2) is 19.6 Å². The average Bonchev–Trinajstić information content (AvgIpc) is 2.87. The van der Waals surface area contributed by atoms with Crippen molar-refractivity contribution in [3.63, 3.8) is 0 Å². The molecule has 0 aliphatic heterocycles. The highest BCUT2D eigenvalue weighted by Crippen LogP contribution is 2.27. The van der Waals surface area contributed by atoms with Crippen LogP contribution in [0, 0.1) is 0 Å². The Morgan fingerprint density at radius 1 is 0.912 bits per heavy atom. The molecule has 0 radical (unpaired) electrons. The van der Waals surface area contributed by atoms with Gasteiger partial charge in [0, 0.05) is 5.69 Å². The second kappa shape index (κ2) is 11.1. The minimum Gasteiger partial charge on any atom is -0.484 e. The van der Waals surface area contributed by atoms with Gasteiger partial charge >= 0.3 is 11.9 Å². The Morgan fingerprint density at radius 3 is 2.15 bits per heavy atom. The van der Waals surface area contributed by atoms with E-state index in [9.17, 15) is 14.4 Å². The van der Waals surface area contributed by atoms with E-state index >= 15 is 0 Å². The number of nitrogen functional groups attached to an aromatic ring is 1. The molecule has 3 aromatic rings. The van der Waals surface area contributed by atoms with E-state index in [0.717, 1.165) is 0 Å². The summed E-state index contributed by atoms with van der Waals surface area (Å²) in [6.45, 7) is -0.232. The minimum absolute atomic E-state index is 0.0647. The number of nitrogens with two attached hydrogens (primary N) is 1. The number of carbonyl (C=O) groups is 3. The quantitative estimate of drug-likeness (QED) is 0.268. The summed E-state index contributed by atoms with van der Waals surface area (Å²) < 4.78 is 14.8. The normalized spacial score (nSPS) is 10.1. The first kappa shape index (κ1) is 23.8. The van der Waals surface area contributed by atoms with Crippen LogP contribution in [0.15, 0.2) is 54.9 Å². The maximum absolute atomic E-state index is 12.1. The van der Waals surface area contributed by atoms with Gasteiger partial charge in [0.25, 0.3) is 5.91 Å². The van der Waals surface area contributed by atoms with E-state index in [0.29, 0.717) is 11.4 Å². The molecular formula is C22H22N6O6. The SMILES string of the molecule is COC(=O)c1cc(Nc2ncnc(NNC(=O)COc3ccccc3)c2N)cc(C(=O)OC)c1. The molecule has 0 saturated carbocycles. The van der Waals surface area contributed by atoms with Gasteiger partial charge in [0.1, 0.15) is 17.8 Å². The molecule has 5 N–H and O–H groups in total. The molecule has 0 unspecified atom stereocenters. The van der Waals surface area contributed by atoms with Gasteiger partial charge < -0.3 is 25.3 Å². The second-order valence-corrected chi connectivity index (χ2v) is 6.67. The molecule has 2 aromatic carbocycles. The lowest BCUT2D eigenvalue weighted by atomic mass is 10.1. The number of nitrogens with one attached hydrogen (secondary N) is 3. The van der Waals surface area contributed by atoms with Crippen LogP contribution in [0.3, 0.4) is 0 Å². The summed E-state index contributed by atoms with van der Waals surface area (Å²) in [5.41, 5.74) is 11.8. The number of aromatic nitrogens is 2. The Bertz CT molecular complexity index is 1150. The molecule has 12 nitrogen and oxygen atoms in total. The fourth-order valence-electron chi connectivity index (χ4n) is 2.73. The lowest BCUT2D eigenvalue weighted by molar-refractivity contribution is -0.122. The number of para-hydroxylation sites is 1. The third kappa shape index (κ3) is 6.09. The Balaban J connectivity index is 1.71. The summed E-state index contributed by atoms with van der Waals surface area (Å²) >= 11 is 0. The summed E-state index contributed by atoms with van der Waals surface area (Å²) in [7, 11) is 2.44. The Hall–Kier alpha value is -4.87. The molecule has 0 bridgehead atoms. The van der Waals surface area contributed by atoms with Crippen LogP contribution in [0.5, 0.6) is 5.75 Å². The number of hydrazine groups is 1. The monoisotopic (exact) mass is 466 g/mol. The van der Waals surface area contributed by atoms with Crippen LogP contribution in [0.25, 0.3) is 0 Å². The molecule has 1 amide bonds. The van der Waals surface area contributed by atoms with Crippen LogP contribution in [0.2, 0.25) is 0 Å². The number of carbonyl (C=O) groups excluding carboxylic acids is 3. The fraction of sp³-hybridized carbons (Fsp3) is 0.136. The van der Waals surface area contributed by atoms with Crippen molar-refractivity contribution in [1.29, 1.82) is 0 Å². The van der Waals surface area contributed by atoms with E-state index < -0.39 is 17.8 Å². The fourth-order valence-corrected chi connectivity index (χ4v) is 2.73. The number of anilines is 4. The molecule has 0 spiro atoms. The Morgan fingerprint density at radius 2 is 1.53 bits per heavy atom. The van der Waals surface area contributed by atoms with Crippen LogP contribution >= 0.6 is 0 Å². The second-order valence-electron chi connectivity index (χ2n) is 6.67. The number of ether oxygens (including phenoxy) is 3. The maximum atomic E-state index is 12.1. The van der Waals surface area contributed by atoms with Crippen molar-refractivity contribution in [2.45, 2.75) is 0 Å². The summed E-state index contributed by atoms with van der Waals surface area (Å²) in [5.74, 6) is -0.941. The number of benzene rings is 2. The first-order valence-electron chi connectivity index (χ1n) is 9.83. The average molecular weight is 466 g/mol. The van der Waals surface area contributed by atoms with Crippen molar-refractivity contribution in [2.24, 2.45) is 0 Å². The highest BCUT2D eigenvalue weighted by atomic mass is 16.5. The molecule has 12 heteroatoms. The molecule has 176 valence electrons. The zero-order valence-electron chi connectivity index (χ0n) is 18.3. The standard InChI is InChI=1S/C22H22N6O6/c1-32-21(30)13-8-14(22(31)33-2)10-15(9-13)26-19-18(23)20(25-12-24-19)28-27-17(29)11-34-16-6-4-3-5-7-16/h3-10,12H,11,23H2,1-2H3,(H,27,29)(H2,24,25,26,28). The van der Waals surface area contributed by atoms with Gasteiger partial charge in [-0.3, -0.25) is 15.6 Å². The first-order valence-corrected chi connectivity index (χ1v) is 9.83. The topological polar surface area (TPSA) is 167 Å². The zero-order chi connectivity index (χ0) is 24.5. The number of hydrogen-bond donors (Lipinski definition) is 4. The third-order valence-electron chi connectivity index (χ3n) is 4.36. The van der Waals surface area contributed by atoms with Crippen molar-refractivity contribution >= 4 is 40.9 Å². The predicted octanol–water partition coefficient (Wildman–Crippen LogP) is 1.90. The summed E-state index contributed by atoms with van der Waals surface area (Å²) in [6, 6.07) is 13.1. The molecular weight excluding hydrogens is 444 g/mol. The van der Waals surface area contributed by atoms with Gasteiger partial charge in [-0.15, -0.1) is 0 Å². The van der Waals surface area contributed by atoms with Crippen LogP contribution in [-0.2, 0) is 14.3 Å². The van der Waals surface area contributed by atoms with Crippen molar-refractivity contribution in [2.75, 3.05) is 37.3 Å². The van der Waals surface area contributed by atoms with Crippen molar-refractivity contribution in [1.82, 2.24) is 15.4 Å². The van der Waals surface area contributed by atoms with E-state index in [1.165, 1.54) is 38.7 Å². The molecule has 34 heavy (non-hydrogen) atoms. The molecule has 3 rings (SSSR count). The van der Waals surface area contributed by atoms with Gasteiger partial charge in [0.05, 0.1) is 25.3 Å². The summed E-state index contributed by atoms with van der Waals surface area (Å²) in [5, 5.41) is 2.92. The summed E-state index contributed by atoms with van der Waals surface area (Å²) in [4.78, 5) is 44.1. The van der Waals surface area contributed by atoms with E-state index in [1.807, 2.05) is 6.07 Å². The van der Waals surface area contributed by atoms with E-state index in [2.05, 4.69) is 26.1 Å². The number of nitrogens with zero attached hydrogens (tertiary/aromatic N) is 2. The molecule has 0 saturated heterocycles. The Labute approximate surface area is 194 Å². The van der Waals surface area contributed by atoms with Gasteiger partial charge in [-0.05, 0) is 30.3 Å². The number of methoxy groups -OCH3 is 2. The first-order chi connectivity index (χ1) is 16.4. The van der Waals surface area contributed by atoms with Crippen LogP contribution in [-0.4, -0.2) is 48.6 Å². The minimum atomic E-state index is -0.646. The van der Waals surface area contributed by atoms with Gasteiger partial charge in [0.15, 0.2) is 18.2 Å². The highest BCUT2D eigenvalue weighted by molar-refractivity contribution is 5.97. The zero-order valence-corrected chi connectivity index (χ0v) is 18.3. The van der Waals surface area contributed by atoms with Gasteiger partial charge in [-0.2, -0.15) is 0 Å². The number of esters is 2. The molecule has 0 fully saturated rings. The van der Waals surface area contributed by atoms with Crippen molar-refractivity contribution in [3.8, 4) is 5.75 Å². The number of rotatable bonds is 9. The van der Waals surface area contributed by atoms with Crippen molar-refractivity contribution in [3.05, 3.63) is 66.0 Å². The maximum Gasteiger partial charge on any atom is 0.337 e. The largest absolute Gasteiger partial charge is 0.484 e.